The van der Waals surface area contributed by atoms with Crippen LogP contribution >= 0.6 is 11.6 Å². The maximum absolute atomic E-state index is 14.0. The van der Waals surface area contributed by atoms with Gasteiger partial charge in [0.05, 0.1) is 29.5 Å². The monoisotopic (exact) mass is 568 g/mol. The van der Waals surface area contributed by atoms with Crippen LogP contribution in [0, 0.1) is 12.7 Å². The molecule has 3 aliphatic rings. The van der Waals surface area contributed by atoms with Gasteiger partial charge < -0.3 is 29.9 Å². The summed E-state index contributed by atoms with van der Waals surface area (Å²) in [5.74, 6) is -6.54. The van der Waals surface area contributed by atoms with Crippen LogP contribution in [0.3, 0.4) is 0 Å². The van der Waals surface area contributed by atoms with Crippen LogP contribution in [0.4, 0.5) is 18.9 Å². The number of Topliss-reactive ketones (excluding diaryl/α,β-unsaturated/α-hetero) is 1. The number of carbonyl (C=O) groups is 3. The van der Waals surface area contributed by atoms with E-state index in [1.54, 1.807) is 11.5 Å². The lowest BCUT2D eigenvalue weighted by Gasteiger charge is -2.48. The lowest BCUT2D eigenvalue weighted by atomic mass is 9.72. The molecule has 1 aromatic carbocycles. The van der Waals surface area contributed by atoms with Crippen LogP contribution in [0.1, 0.15) is 52.8 Å². The summed E-state index contributed by atoms with van der Waals surface area (Å²) in [4.78, 5) is 41.2. The number of ether oxygens (including phenoxy) is 1. The number of aliphatic hydroxyl groups excluding tert-OH is 1. The lowest BCUT2D eigenvalue weighted by Crippen LogP contribution is -2.71. The van der Waals surface area contributed by atoms with E-state index in [2.05, 4.69) is 10.6 Å². The molecular weight excluding hydrogens is 541 g/mol. The molecule has 2 amide bonds. The highest BCUT2D eigenvalue weighted by molar-refractivity contribution is 6.44. The van der Waals surface area contributed by atoms with Gasteiger partial charge in [0.25, 0.3) is 17.6 Å². The molecule has 0 spiro atoms. The number of morpholine rings is 1. The van der Waals surface area contributed by atoms with E-state index in [1.165, 1.54) is 17.0 Å². The summed E-state index contributed by atoms with van der Waals surface area (Å²) in [5, 5.41) is 16.0. The molecule has 39 heavy (non-hydrogen) atoms. The SMILES string of the molecule is Cc1c(C(=O)C(=O)NC2(C(=O)N3CCOCC3)CC(F)(F)C2)c2n(c1C(O)Nc1ccc(F)c(Cl)c1)CCC2. The summed E-state index contributed by atoms with van der Waals surface area (Å²) < 4.78 is 48.5. The van der Waals surface area contributed by atoms with Crippen molar-refractivity contribution in [2.45, 2.75) is 56.8 Å². The van der Waals surface area contributed by atoms with Gasteiger partial charge in [-0.1, -0.05) is 11.6 Å². The molecule has 2 fully saturated rings. The number of rotatable bonds is 7. The minimum atomic E-state index is -3.14. The summed E-state index contributed by atoms with van der Waals surface area (Å²) in [6, 6.07) is 3.85. The van der Waals surface area contributed by atoms with E-state index >= 15 is 0 Å². The summed E-state index contributed by atoms with van der Waals surface area (Å²) in [6.07, 6.45) is -2.00. The highest BCUT2D eigenvalue weighted by Gasteiger charge is 2.63. The Bertz CT molecular complexity index is 1330. The summed E-state index contributed by atoms with van der Waals surface area (Å²) in [6.45, 7) is 2.98. The minimum Gasteiger partial charge on any atom is -0.378 e. The molecule has 3 N–H and O–H groups in total. The number of nitrogens with one attached hydrogen (secondary N) is 2. The van der Waals surface area contributed by atoms with Crippen molar-refractivity contribution in [2.75, 3.05) is 31.6 Å². The Morgan fingerprint density at radius 2 is 1.85 bits per heavy atom. The van der Waals surface area contributed by atoms with Gasteiger partial charge in [0.15, 0.2) is 6.23 Å². The molecule has 9 nitrogen and oxygen atoms in total. The van der Waals surface area contributed by atoms with Crippen molar-refractivity contribution in [1.29, 1.82) is 0 Å². The number of carbonyl (C=O) groups excluding carboxylic acids is 3. The van der Waals surface area contributed by atoms with Crippen molar-refractivity contribution in [3.8, 4) is 0 Å². The largest absolute Gasteiger partial charge is 0.378 e. The number of aliphatic hydroxyl groups is 1. The fourth-order valence-electron chi connectivity index (χ4n) is 5.79. The molecule has 0 radical (unpaired) electrons. The van der Waals surface area contributed by atoms with Crippen molar-refractivity contribution in [3.05, 3.63) is 51.6 Å². The van der Waals surface area contributed by atoms with Crippen molar-refractivity contribution in [3.63, 3.8) is 0 Å². The zero-order valence-electron chi connectivity index (χ0n) is 21.2. The molecular formula is C26H28ClF3N4O5. The first-order chi connectivity index (χ1) is 18.4. The predicted octanol–water partition coefficient (Wildman–Crippen LogP) is 2.96. The Balaban J connectivity index is 1.40. The standard InChI is InChI=1S/C26H28ClF3N4O5/c1-14-19(18-3-2-6-34(18)20(14)22(36)31-15-4-5-17(28)16(27)11-15)21(35)23(37)32-25(12-26(29,30)13-25)24(38)33-7-9-39-10-8-33/h4-5,11,22,31,36H,2-3,6-10,12-13H2,1H3,(H,32,37). The topological polar surface area (TPSA) is 113 Å². The number of fused-ring (bicyclic) bond motifs is 1. The average molecular weight is 569 g/mol. The Hall–Kier alpha value is -3.09. The summed E-state index contributed by atoms with van der Waals surface area (Å²) in [5.41, 5.74) is -0.261. The van der Waals surface area contributed by atoms with Crippen LogP contribution in [-0.4, -0.2) is 69.9 Å². The van der Waals surface area contributed by atoms with E-state index < -0.39 is 53.9 Å². The third-order valence-electron chi connectivity index (χ3n) is 7.56. The number of hydrogen-bond acceptors (Lipinski definition) is 6. The molecule has 2 aromatic rings. The second kappa shape index (κ2) is 10.1. The van der Waals surface area contributed by atoms with Gasteiger partial charge in [0.1, 0.15) is 11.4 Å². The van der Waals surface area contributed by atoms with Crippen LogP contribution in [0.5, 0.6) is 0 Å². The van der Waals surface area contributed by atoms with Crippen molar-refractivity contribution in [2.24, 2.45) is 0 Å². The molecule has 13 heteroatoms. The Morgan fingerprint density at radius 3 is 2.49 bits per heavy atom. The van der Waals surface area contributed by atoms with Gasteiger partial charge >= 0.3 is 0 Å². The molecule has 2 aliphatic heterocycles. The predicted molar refractivity (Wildman–Crippen MR) is 134 cm³/mol. The van der Waals surface area contributed by atoms with Gasteiger partial charge in [-0.2, -0.15) is 0 Å². The number of alkyl halides is 2. The van der Waals surface area contributed by atoms with E-state index in [0.717, 1.165) is 6.07 Å². The first kappa shape index (κ1) is 27.5. The molecule has 1 aromatic heterocycles. The van der Waals surface area contributed by atoms with Gasteiger partial charge in [-0.25, -0.2) is 13.2 Å². The van der Waals surface area contributed by atoms with E-state index in [1.807, 2.05) is 0 Å². The first-order valence-electron chi connectivity index (χ1n) is 12.7. The average Bonchev–Trinajstić information content (AvgIpc) is 3.44. The van der Waals surface area contributed by atoms with Gasteiger partial charge in [0.2, 0.25) is 5.91 Å². The second-order valence-electron chi connectivity index (χ2n) is 10.2. The van der Waals surface area contributed by atoms with Crippen LogP contribution in [-0.2, 0) is 27.3 Å². The van der Waals surface area contributed by atoms with Crippen molar-refractivity contribution < 1.29 is 37.4 Å². The number of hydrogen-bond donors (Lipinski definition) is 3. The lowest BCUT2D eigenvalue weighted by molar-refractivity contribution is -0.176. The molecule has 1 saturated heterocycles. The maximum atomic E-state index is 14.0. The number of halogens is 4. The fraction of sp³-hybridized carbons (Fsp3) is 0.500. The third-order valence-corrected chi connectivity index (χ3v) is 7.85. The van der Waals surface area contributed by atoms with Crippen molar-refractivity contribution >= 4 is 34.9 Å². The number of amides is 2. The molecule has 3 heterocycles. The van der Waals surface area contributed by atoms with Crippen LogP contribution in [0.25, 0.3) is 0 Å². The molecule has 210 valence electrons. The quantitative estimate of drug-likeness (QED) is 0.269. The van der Waals surface area contributed by atoms with E-state index in [9.17, 15) is 32.7 Å². The Kier molecular flexibility index (Phi) is 7.15. The van der Waals surface area contributed by atoms with Gasteiger partial charge in [-0.05, 0) is 43.5 Å². The van der Waals surface area contributed by atoms with Gasteiger partial charge in [-0.3, -0.25) is 14.4 Å². The first-order valence-corrected chi connectivity index (χ1v) is 13.0. The van der Waals surface area contributed by atoms with E-state index in [0.29, 0.717) is 42.0 Å². The molecule has 5 rings (SSSR count). The van der Waals surface area contributed by atoms with Gasteiger partial charge in [-0.15, -0.1) is 0 Å². The number of aromatic nitrogens is 1. The summed E-state index contributed by atoms with van der Waals surface area (Å²) >= 11 is 5.84. The number of ketones is 1. The normalized spacial score (nSPS) is 20.1. The second-order valence-corrected chi connectivity index (χ2v) is 10.6. The van der Waals surface area contributed by atoms with E-state index in [4.69, 9.17) is 16.3 Å². The molecule has 1 atom stereocenters. The summed E-state index contributed by atoms with van der Waals surface area (Å²) in [7, 11) is 0. The van der Waals surface area contributed by atoms with E-state index in [-0.39, 0.29) is 36.9 Å². The smallest absolute Gasteiger partial charge is 0.293 e. The molecule has 1 aliphatic carbocycles. The zero-order chi connectivity index (χ0) is 28.1. The van der Waals surface area contributed by atoms with Crippen LogP contribution in [0.15, 0.2) is 18.2 Å². The highest BCUT2D eigenvalue weighted by Crippen LogP contribution is 2.47. The minimum absolute atomic E-state index is 0.0676. The number of nitrogens with zero attached hydrogens (tertiary/aromatic N) is 2. The number of anilines is 1. The fourth-order valence-corrected chi connectivity index (χ4v) is 5.98. The molecule has 1 unspecified atom stereocenters. The van der Waals surface area contributed by atoms with Gasteiger partial charge in [0, 0.05) is 43.9 Å². The highest BCUT2D eigenvalue weighted by atomic mass is 35.5. The number of benzene rings is 1. The zero-order valence-corrected chi connectivity index (χ0v) is 21.9. The van der Waals surface area contributed by atoms with Crippen LogP contribution in [0.2, 0.25) is 5.02 Å². The maximum Gasteiger partial charge on any atom is 0.293 e. The Labute approximate surface area is 227 Å². The molecule has 0 bridgehead atoms. The molecule has 1 saturated carbocycles. The third kappa shape index (κ3) is 5.01. The Morgan fingerprint density at radius 1 is 1.15 bits per heavy atom. The van der Waals surface area contributed by atoms with Crippen LogP contribution < -0.4 is 10.6 Å². The van der Waals surface area contributed by atoms with Crippen molar-refractivity contribution in [1.82, 2.24) is 14.8 Å².